The van der Waals surface area contributed by atoms with E-state index in [-0.39, 0.29) is 0 Å². The lowest BCUT2D eigenvalue weighted by Gasteiger charge is -2.40. The van der Waals surface area contributed by atoms with Gasteiger partial charge in [-0.05, 0) is 24.3 Å². The topological polar surface area (TPSA) is 27.3 Å². The van der Waals surface area contributed by atoms with E-state index in [9.17, 15) is 0 Å². The third kappa shape index (κ3) is 2.74. The van der Waals surface area contributed by atoms with E-state index in [0.29, 0.717) is 6.17 Å². The van der Waals surface area contributed by atoms with E-state index in [1.807, 2.05) is 0 Å². The molecule has 1 unspecified atom stereocenters. The van der Waals surface area contributed by atoms with Crippen molar-refractivity contribution in [1.29, 1.82) is 0 Å². The SMILES string of the molecule is c1ccc(C2CCN(C3CNCCN3)CC2)cc1. The molecule has 3 rings (SSSR count). The van der Waals surface area contributed by atoms with E-state index in [4.69, 9.17) is 0 Å². The van der Waals surface area contributed by atoms with Crippen LogP contribution >= 0.6 is 0 Å². The summed E-state index contributed by atoms with van der Waals surface area (Å²) in [7, 11) is 0. The molecular formula is C15H23N3. The maximum absolute atomic E-state index is 3.61. The van der Waals surface area contributed by atoms with E-state index in [1.54, 1.807) is 0 Å². The Morgan fingerprint density at radius 3 is 2.44 bits per heavy atom. The molecule has 0 spiro atoms. The zero-order valence-electron chi connectivity index (χ0n) is 10.9. The number of hydrogen-bond donors (Lipinski definition) is 2. The molecule has 1 aromatic carbocycles. The molecule has 2 saturated heterocycles. The molecule has 2 aliphatic heterocycles. The molecule has 2 N–H and O–H groups in total. The summed E-state index contributed by atoms with van der Waals surface area (Å²) in [5, 5.41) is 7.08. The van der Waals surface area contributed by atoms with Gasteiger partial charge in [-0.25, -0.2) is 0 Å². The average Bonchev–Trinajstić information content (AvgIpc) is 2.49. The van der Waals surface area contributed by atoms with Crippen molar-refractivity contribution in [3.63, 3.8) is 0 Å². The molecular weight excluding hydrogens is 222 g/mol. The van der Waals surface area contributed by atoms with Crippen LogP contribution in [0.25, 0.3) is 0 Å². The Hall–Kier alpha value is -0.900. The molecule has 3 heteroatoms. The minimum Gasteiger partial charge on any atom is -0.313 e. The van der Waals surface area contributed by atoms with Crippen molar-refractivity contribution in [3.05, 3.63) is 35.9 Å². The van der Waals surface area contributed by atoms with Crippen molar-refractivity contribution in [1.82, 2.24) is 15.5 Å². The van der Waals surface area contributed by atoms with Gasteiger partial charge >= 0.3 is 0 Å². The first kappa shape index (κ1) is 12.2. The van der Waals surface area contributed by atoms with Crippen LogP contribution in [0.1, 0.15) is 24.3 Å². The van der Waals surface area contributed by atoms with Crippen LogP contribution in [0.5, 0.6) is 0 Å². The minimum atomic E-state index is 0.551. The molecule has 2 fully saturated rings. The lowest BCUT2D eigenvalue weighted by atomic mass is 9.89. The second-order valence-electron chi connectivity index (χ2n) is 5.39. The first-order valence-corrected chi connectivity index (χ1v) is 7.16. The Morgan fingerprint density at radius 1 is 1.00 bits per heavy atom. The van der Waals surface area contributed by atoms with Crippen LogP contribution in [0.4, 0.5) is 0 Å². The van der Waals surface area contributed by atoms with Crippen LogP contribution in [-0.4, -0.2) is 43.8 Å². The fraction of sp³-hybridized carbons (Fsp3) is 0.600. The Bertz CT molecular complexity index is 351. The summed E-state index contributed by atoms with van der Waals surface area (Å²) < 4.78 is 0. The van der Waals surface area contributed by atoms with Gasteiger partial charge < -0.3 is 5.32 Å². The highest BCUT2D eigenvalue weighted by Gasteiger charge is 2.26. The number of hydrogen-bond acceptors (Lipinski definition) is 3. The third-order valence-corrected chi connectivity index (χ3v) is 4.26. The molecule has 3 nitrogen and oxygen atoms in total. The van der Waals surface area contributed by atoms with Gasteiger partial charge in [-0.1, -0.05) is 30.3 Å². The van der Waals surface area contributed by atoms with Crippen LogP contribution in [0, 0.1) is 0 Å². The number of piperidine rings is 1. The van der Waals surface area contributed by atoms with Gasteiger partial charge in [0.05, 0.1) is 6.17 Å². The summed E-state index contributed by atoms with van der Waals surface area (Å²) in [6.45, 7) is 5.74. The quantitative estimate of drug-likeness (QED) is 0.824. The van der Waals surface area contributed by atoms with Crippen LogP contribution in [0.15, 0.2) is 30.3 Å². The fourth-order valence-electron chi connectivity index (χ4n) is 3.17. The van der Waals surface area contributed by atoms with Gasteiger partial charge in [-0.15, -0.1) is 0 Å². The summed E-state index contributed by atoms with van der Waals surface area (Å²) in [5.41, 5.74) is 1.52. The zero-order chi connectivity index (χ0) is 12.2. The standard InChI is InChI=1S/C15H23N3/c1-2-4-13(5-3-1)14-6-10-18(11-7-14)15-12-16-8-9-17-15/h1-5,14-17H,6-12H2. The summed E-state index contributed by atoms with van der Waals surface area (Å²) in [5.74, 6) is 0.763. The Kier molecular flexibility index (Phi) is 3.93. The monoisotopic (exact) mass is 245 g/mol. The van der Waals surface area contributed by atoms with Gasteiger partial charge in [-0.2, -0.15) is 0 Å². The molecule has 2 heterocycles. The van der Waals surface area contributed by atoms with Crippen molar-refractivity contribution >= 4 is 0 Å². The highest BCUT2D eigenvalue weighted by atomic mass is 15.3. The van der Waals surface area contributed by atoms with Crippen LogP contribution < -0.4 is 10.6 Å². The lowest BCUT2D eigenvalue weighted by Crippen LogP contribution is -2.58. The van der Waals surface area contributed by atoms with Gasteiger partial charge in [0.2, 0.25) is 0 Å². The second-order valence-corrected chi connectivity index (χ2v) is 5.39. The predicted octanol–water partition coefficient (Wildman–Crippen LogP) is 1.38. The molecule has 2 aliphatic rings. The van der Waals surface area contributed by atoms with Gasteiger partial charge in [-0.3, -0.25) is 10.2 Å². The molecule has 0 aromatic heterocycles. The zero-order valence-corrected chi connectivity index (χ0v) is 10.9. The maximum Gasteiger partial charge on any atom is 0.0726 e. The van der Waals surface area contributed by atoms with Crippen molar-refractivity contribution in [2.45, 2.75) is 24.9 Å². The van der Waals surface area contributed by atoms with Gasteiger partial charge in [0.1, 0.15) is 0 Å². The van der Waals surface area contributed by atoms with E-state index in [1.165, 1.54) is 31.5 Å². The van der Waals surface area contributed by atoms with Crippen LogP contribution in [0.3, 0.4) is 0 Å². The normalized spacial score (nSPS) is 27.2. The molecule has 0 saturated carbocycles. The molecule has 0 radical (unpaired) electrons. The Morgan fingerprint density at radius 2 is 1.78 bits per heavy atom. The first-order chi connectivity index (χ1) is 8.93. The Balaban J connectivity index is 1.54. The summed E-state index contributed by atoms with van der Waals surface area (Å²) in [4.78, 5) is 2.60. The van der Waals surface area contributed by atoms with Crippen molar-refractivity contribution in [3.8, 4) is 0 Å². The molecule has 0 aliphatic carbocycles. The van der Waals surface area contributed by atoms with E-state index >= 15 is 0 Å². The van der Waals surface area contributed by atoms with Crippen LogP contribution in [-0.2, 0) is 0 Å². The summed E-state index contributed by atoms with van der Waals surface area (Å²) >= 11 is 0. The average molecular weight is 245 g/mol. The molecule has 1 atom stereocenters. The maximum atomic E-state index is 3.61. The molecule has 1 aromatic rings. The van der Waals surface area contributed by atoms with Gasteiger partial charge in [0.15, 0.2) is 0 Å². The number of piperazine rings is 1. The molecule has 18 heavy (non-hydrogen) atoms. The number of rotatable bonds is 2. The first-order valence-electron chi connectivity index (χ1n) is 7.16. The molecule has 98 valence electrons. The number of likely N-dealkylation sites (tertiary alicyclic amines) is 1. The smallest absolute Gasteiger partial charge is 0.0726 e. The van der Waals surface area contributed by atoms with E-state index < -0.39 is 0 Å². The van der Waals surface area contributed by atoms with Crippen LogP contribution in [0.2, 0.25) is 0 Å². The number of nitrogens with one attached hydrogen (secondary N) is 2. The van der Waals surface area contributed by atoms with Gasteiger partial charge in [0, 0.05) is 32.7 Å². The van der Waals surface area contributed by atoms with Crippen molar-refractivity contribution in [2.75, 3.05) is 32.7 Å². The molecule has 0 bridgehead atoms. The highest BCUT2D eigenvalue weighted by Crippen LogP contribution is 2.28. The lowest BCUT2D eigenvalue weighted by molar-refractivity contribution is 0.115. The summed E-state index contributed by atoms with van der Waals surface area (Å²) in [6, 6.07) is 11.0. The Labute approximate surface area is 110 Å². The summed E-state index contributed by atoms with van der Waals surface area (Å²) in [6.07, 6.45) is 3.14. The number of benzene rings is 1. The number of nitrogens with zero attached hydrogens (tertiary/aromatic N) is 1. The fourth-order valence-corrected chi connectivity index (χ4v) is 3.17. The van der Waals surface area contributed by atoms with E-state index in [2.05, 4.69) is 45.9 Å². The van der Waals surface area contributed by atoms with Gasteiger partial charge in [0.25, 0.3) is 0 Å². The highest BCUT2D eigenvalue weighted by molar-refractivity contribution is 5.20. The largest absolute Gasteiger partial charge is 0.313 e. The van der Waals surface area contributed by atoms with Crippen molar-refractivity contribution < 1.29 is 0 Å². The van der Waals surface area contributed by atoms with E-state index in [0.717, 1.165) is 25.6 Å². The van der Waals surface area contributed by atoms with Crippen molar-refractivity contribution in [2.24, 2.45) is 0 Å². The minimum absolute atomic E-state index is 0.551. The predicted molar refractivity (Wildman–Crippen MR) is 74.7 cm³/mol. The molecule has 0 amide bonds. The third-order valence-electron chi connectivity index (χ3n) is 4.26. The second kappa shape index (κ2) is 5.83.